The van der Waals surface area contributed by atoms with Gasteiger partial charge in [-0.05, 0) is 49.2 Å². The Morgan fingerprint density at radius 3 is 1.80 bits per heavy atom. The second kappa shape index (κ2) is 10.1. The number of aryl methyl sites for hydroxylation is 2. The lowest BCUT2D eigenvalue weighted by Crippen LogP contribution is -2.36. The van der Waals surface area contributed by atoms with Crippen molar-refractivity contribution in [2.75, 3.05) is 0 Å². The second-order valence-electron chi connectivity index (χ2n) is 10.5. The summed E-state index contributed by atoms with van der Waals surface area (Å²) in [6.45, 7) is 4.21. The zero-order valence-electron chi connectivity index (χ0n) is 23.0. The number of rotatable bonds is 6. The topological polar surface area (TPSA) is 35.3 Å². The standard InChI is InChI=1S/C38H29NO2/c1-26-18-19-27(2)37-34(26)22-29(25-39-37)35-23-28-20-21-33(24-36(28)40-35)41-38(30-12-6-3-7-13-30,31-14-8-4-9-15-31)32-16-10-5-11-17-32/h3-25H,1-2H3. The van der Waals surface area contributed by atoms with Crippen LogP contribution in [-0.2, 0) is 5.60 Å². The maximum Gasteiger partial charge on any atom is 0.184 e. The molecule has 5 aromatic carbocycles. The molecule has 0 aliphatic heterocycles. The van der Waals surface area contributed by atoms with Gasteiger partial charge in [0.05, 0.1) is 5.52 Å². The number of nitrogens with zero attached hydrogens (tertiary/aromatic N) is 1. The Morgan fingerprint density at radius 2 is 1.20 bits per heavy atom. The fourth-order valence-electron chi connectivity index (χ4n) is 5.72. The number of hydrogen-bond donors (Lipinski definition) is 0. The summed E-state index contributed by atoms with van der Waals surface area (Å²) in [5.41, 5.74) is 7.40. The summed E-state index contributed by atoms with van der Waals surface area (Å²) in [4.78, 5) is 4.77. The van der Waals surface area contributed by atoms with Gasteiger partial charge in [-0.3, -0.25) is 4.98 Å². The molecule has 7 aromatic rings. The molecule has 0 saturated carbocycles. The van der Waals surface area contributed by atoms with Gasteiger partial charge in [0.2, 0.25) is 0 Å². The van der Waals surface area contributed by atoms with E-state index in [1.54, 1.807) is 0 Å². The van der Waals surface area contributed by atoms with E-state index in [-0.39, 0.29) is 0 Å². The zero-order chi connectivity index (χ0) is 27.8. The van der Waals surface area contributed by atoms with E-state index in [9.17, 15) is 0 Å². The van der Waals surface area contributed by atoms with E-state index in [0.29, 0.717) is 0 Å². The van der Waals surface area contributed by atoms with Crippen LogP contribution in [0.4, 0.5) is 0 Å². The van der Waals surface area contributed by atoms with Gasteiger partial charge in [0.1, 0.15) is 17.1 Å². The lowest BCUT2D eigenvalue weighted by atomic mass is 9.80. The van der Waals surface area contributed by atoms with E-state index in [4.69, 9.17) is 14.1 Å². The second-order valence-corrected chi connectivity index (χ2v) is 10.5. The van der Waals surface area contributed by atoms with Gasteiger partial charge in [0.15, 0.2) is 5.60 Å². The van der Waals surface area contributed by atoms with Gasteiger partial charge in [0, 0.05) is 45.3 Å². The summed E-state index contributed by atoms with van der Waals surface area (Å²) < 4.78 is 13.5. The van der Waals surface area contributed by atoms with Crippen molar-refractivity contribution in [1.29, 1.82) is 0 Å². The minimum Gasteiger partial charge on any atom is -0.473 e. The number of fused-ring (bicyclic) bond motifs is 2. The summed E-state index contributed by atoms with van der Waals surface area (Å²) in [6, 6.07) is 45.8. The Bertz CT molecular complexity index is 1880. The first-order valence-corrected chi connectivity index (χ1v) is 13.9. The molecule has 0 unspecified atom stereocenters. The molecule has 0 amide bonds. The minimum atomic E-state index is -0.857. The number of benzene rings is 5. The molecule has 7 rings (SSSR count). The van der Waals surface area contributed by atoms with Gasteiger partial charge in [-0.15, -0.1) is 0 Å². The molecule has 0 spiro atoms. The Hall–Kier alpha value is -5.15. The molecule has 198 valence electrons. The smallest absolute Gasteiger partial charge is 0.184 e. The third-order valence-electron chi connectivity index (χ3n) is 7.86. The van der Waals surface area contributed by atoms with E-state index >= 15 is 0 Å². The lowest BCUT2D eigenvalue weighted by molar-refractivity contribution is 0.155. The quantitative estimate of drug-likeness (QED) is 0.200. The van der Waals surface area contributed by atoms with E-state index in [2.05, 4.69) is 117 Å². The SMILES string of the molecule is Cc1ccc(C)c2ncc(-c3cc4ccc(OC(c5ccccc5)(c5ccccc5)c5ccccc5)cc4o3)cc12. The number of pyridine rings is 1. The van der Waals surface area contributed by atoms with Crippen molar-refractivity contribution in [1.82, 2.24) is 4.98 Å². The van der Waals surface area contributed by atoms with Crippen LogP contribution in [0.3, 0.4) is 0 Å². The summed E-state index contributed by atoms with van der Waals surface area (Å²) in [5.74, 6) is 1.51. The molecule has 0 fully saturated rings. The normalized spacial score (nSPS) is 11.7. The van der Waals surface area contributed by atoms with E-state index in [1.165, 1.54) is 11.1 Å². The van der Waals surface area contributed by atoms with E-state index < -0.39 is 5.60 Å². The Balaban J connectivity index is 1.35. The molecule has 0 N–H and O–H groups in total. The van der Waals surface area contributed by atoms with E-state index in [1.807, 2.05) is 36.5 Å². The van der Waals surface area contributed by atoms with Crippen LogP contribution in [0, 0.1) is 13.8 Å². The van der Waals surface area contributed by atoms with Crippen LogP contribution in [0.25, 0.3) is 33.2 Å². The maximum absolute atomic E-state index is 7.10. The van der Waals surface area contributed by atoms with Gasteiger partial charge >= 0.3 is 0 Å². The molecule has 0 aliphatic rings. The molecule has 0 atom stereocenters. The molecule has 2 heterocycles. The van der Waals surface area contributed by atoms with Crippen LogP contribution in [0.2, 0.25) is 0 Å². The fourth-order valence-corrected chi connectivity index (χ4v) is 5.72. The van der Waals surface area contributed by atoms with Crippen LogP contribution in [0.15, 0.2) is 144 Å². The number of furan rings is 1. The first kappa shape index (κ1) is 24.9. The fraction of sp³-hybridized carbons (Fsp3) is 0.0789. The highest BCUT2D eigenvalue weighted by atomic mass is 16.5. The summed E-state index contributed by atoms with van der Waals surface area (Å²) >= 11 is 0. The predicted molar refractivity (Wildman–Crippen MR) is 166 cm³/mol. The van der Waals surface area contributed by atoms with Gasteiger partial charge in [-0.25, -0.2) is 0 Å². The van der Waals surface area contributed by atoms with Crippen LogP contribution >= 0.6 is 0 Å². The molecule has 41 heavy (non-hydrogen) atoms. The molecule has 3 heteroatoms. The van der Waals surface area contributed by atoms with Crippen molar-refractivity contribution in [3.8, 4) is 17.1 Å². The van der Waals surface area contributed by atoms with Crippen molar-refractivity contribution < 1.29 is 9.15 Å². The lowest BCUT2D eigenvalue weighted by Gasteiger charge is -2.36. The highest BCUT2D eigenvalue weighted by molar-refractivity contribution is 5.90. The predicted octanol–water partition coefficient (Wildman–Crippen LogP) is 9.64. The zero-order valence-corrected chi connectivity index (χ0v) is 23.0. The van der Waals surface area contributed by atoms with E-state index in [0.717, 1.165) is 55.6 Å². The van der Waals surface area contributed by atoms with Crippen molar-refractivity contribution in [2.45, 2.75) is 19.4 Å². The summed E-state index contributed by atoms with van der Waals surface area (Å²) in [6.07, 6.45) is 1.90. The molecular formula is C38H29NO2. The molecular weight excluding hydrogens is 502 g/mol. The van der Waals surface area contributed by atoms with Crippen LogP contribution in [0.1, 0.15) is 27.8 Å². The van der Waals surface area contributed by atoms with Crippen molar-refractivity contribution in [3.05, 3.63) is 167 Å². The average Bonchev–Trinajstić information content (AvgIpc) is 3.46. The minimum absolute atomic E-state index is 0.720. The Kier molecular flexibility index (Phi) is 6.13. The van der Waals surface area contributed by atoms with Crippen molar-refractivity contribution in [3.63, 3.8) is 0 Å². The molecule has 3 nitrogen and oxygen atoms in total. The van der Waals surface area contributed by atoms with Crippen LogP contribution < -0.4 is 4.74 Å². The van der Waals surface area contributed by atoms with Crippen LogP contribution in [0.5, 0.6) is 5.75 Å². The molecule has 2 aromatic heterocycles. The van der Waals surface area contributed by atoms with Crippen LogP contribution in [-0.4, -0.2) is 4.98 Å². The molecule has 0 aliphatic carbocycles. The van der Waals surface area contributed by atoms with Gasteiger partial charge in [-0.2, -0.15) is 0 Å². The van der Waals surface area contributed by atoms with Gasteiger partial charge < -0.3 is 9.15 Å². The number of hydrogen-bond acceptors (Lipinski definition) is 3. The Labute approximate surface area is 239 Å². The summed E-state index contributed by atoms with van der Waals surface area (Å²) in [7, 11) is 0. The largest absolute Gasteiger partial charge is 0.473 e. The third-order valence-corrected chi connectivity index (χ3v) is 7.86. The monoisotopic (exact) mass is 531 g/mol. The Morgan fingerprint density at radius 1 is 0.610 bits per heavy atom. The molecule has 0 bridgehead atoms. The van der Waals surface area contributed by atoms with Crippen molar-refractivity contribution in [2.24, 2.45) is 0 Å². The molecule has 0 radical (unpaired) electrons. The van der Waals surface area contributed by atoms with Gasteiger partial charge in [-0.1, -0.05) is 103 Å². The number of aromatic nitrogens is 1. The van der Waals surface area contributed by atoms with Gasteiger partial charge in [0.25, 0.3) is 0 Å². The first-order chi connectivity index (χ1) is 20.1. The summed E-state index contributed by atoms with van der Waals surface area (Å²) in [5, 5.41) is 2.16. The highest BCUT2D eigenvalue weighted by Gasteiger charge is 2.39. The third kappa shape index (κ3) is 4.36. The van der Waals surface area contributed by atoms with Crippen molar-refractivity contribution >= 4 is 21.9 Å². The number of ether oxygens (including phenoxy) is 1. The first-order valence-electron chi connectivity index (χ1n) is 13.9. The molecule has 0 saturated heterocycles. The maximum atomic E-state index is 7.10. The average molecular weight is 532 g/mol. The highest BCUT2D eigenvalue weighted by Crippen LogP contribution is 2.42.